The number of nitrogen functional groups attached to an aromatic ring is 1. The summed E-state index contributed by atoms with van der Waals surface area (Å²) in [7, 11) is 1.80. The zero-order chi connectivity index (χ0) is 10.1. The molecule has 0 aromatic carbocycles. The maximum absolute atomic E-state index is 5.82. The van der Waals surface area contributed by atoms with Crippen molar-refractivity contribution in [2.45, 2.75) is 0 Å². The van der Waals surface area contributed by atoms with E-state index >= 15 is 0 Å². The molecule has 2 N–H and O–H groups in total. The van der Waals surface area contributed by atoms with Crippen LogP contribution in [0.2, 0.25) is 0 Å². The van der Waals surface area contributed by atoms with Gasteiger partial charge in [0, 0.05) is 17.7 Å². The molecule has 0 amide bonds. The zero-order valence-corrected chi connectivity index (χ0v) is 9.19. The molecular formula is C9H9BrN4. The van der Waals surface area contributed by atoms with Crippen molar-refractivity contribution in [3.63, 3.8) is 0 Å². The first-order valence-corrected chi connectivity index (χ1v) is 4.87. The first-order valence-electron chi connectivity index (χ1n) is 4.08. The Hall–Kier alpha value is -1.36. The van der Waals surface area contributed by atoms with Crippen molar-refractivity contribution in [1.82, 2.24) is 14.8 Å². The summed E-state index contributed by atoms with van der Waals surface area (Å²) < 4.78 is 2.57. The molecule has 0 unspecified atom stereocenters. The van der Waals surface area contributed by atoms with E-state index in [2.05, 4.69) is 26.0 Å². The predicted octanol–water partition coefficient (Wildman–Crippen LogP) is 1.83. The van der Waals surface area contributed by atoms with E-state index in [9.17, 15) is 0 Å². The van der Waals surface area contributed by atoms with Gasteiger partial charge in [0.2, 0.25) is 0 Å². The lowest BCUT2D eigenvalue weighted by Gasteiger charge is -1.99. The van der Waals surface area contributed by atoms with Crippen LogP contribution in [0.1, 0.15) is 0 Å². The molecule has 0 saturated heterocycles. The number of hydrogen-bond acceptors (Lipinski definition) is 3. The molecule has 2 heterocycles. The SMILES string of the molecule is Cn1ncc(-c2ccc(Br)cn2)c1N. The van der Waals surface area contributed by atoms with Crippen LogP contribution in [-0.4, -0.2) is 14.8 Å². The molecule has 0 bridgehead atoms. The summed E-state index contributed by atoms with van der Waals surface area (Å²) in [6.07, 6.45) is 3.45. The van der Waals surface area contributed by atoms with E-state index in [-0.39, 0.29) is 0 Å². The fourth-order valence-electron chi connectivity index (χ4n) is 1.18. The molecule has 2 aromatic heterocycles. The zero-order valence-electron chi connectivity index (χ0n) is 7.61. The van der Waals surface area contributed by atoms with Gasteiger partial charge >= 0.3 is 0 Å². The van der Waals surface area contributed by atoms with Crippen molar-refractivity contribution >= 4 is 21.7 Å². The summed E-state index contributed by atoms with van der Waals surface area (Å²) >= 11 is 3.33. The lowest BCUT2D eigenvalue weighted by molar-refractivity contribution is 0.779. The van der Waals surface area contributed by atoms with Crippen LogP contribution in [0.15, 0.2) is 29.0 Å². The summed E-state index contributed by atoms with van der Waals surface area (Å²) in [6.45, 7) is 0. The van der Waals surface area contributed by atoms with Crippen LogP contribution >= 0.6 is 15.9 Å². The second kappa shape index (κ2) is 3.42. The Labute approximate surface area is 89.9 Å². The van der Waals surface area contributed by atoms with Crippen LogP contribution < -0.4 is 5.73 Å². The highest BCUT2D eigenvalue weighted by atomic mass is 79.9. The first-order chi connectivity index (χ1) is 6.68. The molecule has 2 aromatic rings. The van der Waals surface area contributed by atoms with Gasteiger partial charge in [-0.05, 0) is 28.1 Å². The Morgan fingerprint density at radius 1 is 1.36 bits per heavy atom. The molecule has 14 heavy (non-hydrogen) atoms. The maximum Gasteiger partial charge on any atom is 0.130 e. The number of rotatable bonds is 1. The molecule has 0 spiro atoms. The number of nitrogens with zero attached hydrogens (tertiary/aromatic N) is 3. The normalized spacial score (nSPS) is 10.4. The van der Waals surface area contributed by atoms with E-state index in [0.29, 0.717) is 5.82 Å². The molecule has 0 atom stereocenters. The largest absolute Gasteiger partial charge is 0.383 e. The van der Waals surface area contributed by atoms with Crippen LogP contribution in [0, 0.1) is 0 Å². The Bertz CT molecular complexity index is 446. The van der Waals surface area contributed by atoms with Crippen LogP contribution in [0.25, 0.3) is 11.3 Å². The molecule has 0 aliphatic carbocycles. The van der Waals surface area contributed by atoms with Gasteiger partial charge < -0.3 is 5.73 Å². The lowest BCUT2D eigenvalue weighted by Crippen LogP contribution is -1.98. The Kier molecular flexibility index (Phi) is 2.25. The third-order valence-electron chi connectivity index (χ3n) is 1.99. The third-order valence-corrected chi connectivity index (χ3v) is 2.46. The monoisotopic (exact) mass is 252 g/mol. The van der Waals surface area contributed by atoms with Crippen molar-refractivity contribution < 1.29 is 0 Å². The average Bonchev–Trinajstić information content (AvgIpc) is 2.50. The van der Waals surface area contributed by atoms with E-state index in [1.54, 1.807) is 24.1 Å². The molecule has 0 saturated carbocycles. The summed E-state index contributed by atoms with van der Waals surface area (Å²) in [6, 6.07) is 3.83. The molecule has 4 nitrogen and oxygen atoms in total. The number of aryl methyl sites for hydroxylation is 1. The Morgan fingerprint density at radius 2 is 2.14 bits per heavy atom. The van der Waals surface area contributed by atoms with Crippen molar-refractivity contribution in [2.75, 3.05) is 5.73 Å². The fraction of sp³-hybridized carbons (Fsp3) is 0.111. The summed E-state index contributed by atoms with van der Waals surface area (Å²) in [5, 5.41) is 4.05. The third kappa shape index (κ3) is 1.50. The fourth-order valence-corrected chi connectivity index (χ4v) is 1.41. The number of aromatic nitrogens is 3. The average molecular weight is 253 g/mol. The molecule has 0 aliphatic rings. The van der Waals surface area contributed by atoms with Gasteiger partial charge in [-0.1, -0.05) is 0 Å². The number of pyridine rings is 1. The Balaban J connectivity index is 2.49. The number of anilines is 1. The first kappa shape index (κ1) is 9.21. The van der Waals surface area contributed by atoms with Gasteiger partial charge in [0.15, 0.2) is 0 Å². The highest BCUT2D eigenvalue weighted by molar-refractivity contribution is 9.10. The van der Waals surface area contributed by atoms with Gasteiger partial charge in [-0.3, -0.25) is 9.67 Å². The number of halogens is 1. The van der Waals surface area contributed by atoms with E-state index < -0.39 is 0 Å². The van der Waals surface area contributed by atoms with Crippen molar-refractivity contribution in [3.8, 4) is 11.3 Å². The molecular weight excluding hydrogens is 244 g/mol. The highest BCUT2D eigenvalue weighted by Gasteiger charge is 2.07. The van der Waals surface area contributed by atoms with Crippen molar-refractivity contribution in [1.29, 1.82) is 0 Å². The van der Waals surface area contributed by atoms with Gasteiger partial charge in [-0.15, -0.1) is 0 Å². The quantitative estimate of drug-likeness (QED) is 0.843. The molecule has 72 valence electrons. The number of nitrogens with two attached hydrogens (primary N) is 1. The van der Waals surface area contributed by atoms with Crippen LogP contribution in [0.3, 0.4) is 0 Å². The van der Waals surface area contributed by atoms with Crippen LogP contribution in [-0.2, 0) is 7.05 Å². The summed E-state index contributed by atoms with van der Waals surface area (Å²) in [4.78, 5) is 4.24. The van der Waals surface area contributed by atoms with Crippen molar-refractivity contribution in [3.05, 3.63) is 29.0 Å². The smallest absolute Gasteiger partial charge is 0.130 e. The lowest BCUT2D eigenvalue weighted by atomic mass is 10.2. The second-order valence-corrected chi connectivity index (χ2v) is 3.84. The summed E-state index contributed by atoms with van der Waals surface area (Å²) in [5.41, 5.74) is 7.51. The minimum atomic E-state index is 0.625. The maximum atomic E-state index is 5.82. The topological polar surface area (TPSA) is 56.7 Å². The molecule has 0 radical (unpaired) electrons. The summed E-state index contributed by atoms with van der Waals surface area (Å²) in [5.74, 6) is 0.625. The second-order valence-electron chi connectivity index (χ2n) is 2.93. The van der Waals surface area contributed by atoms with Crippen molar-refractivity contribution in [2.24, 2.45) is 7.05 Å². The van der Waals surface area contributed by atoms with Gasteiger partial charge in [-0.2, -0.15) is 5.10 Å². The van der Waals surface area contributed by atoms with E-state index in [0.717, 1.165) is 15.7 Å². The predicted molar refractivity (Wildman–Crippen MR) is 58.6 cm³/mol. The minimum Gasteiger partial charge on any atom is -0.383 e. The highest BCUT2D eigenvalue weighted by Crippen LogP contribution is 2.23. The molecule has 0 aliphatic heterocycles. The van der Waals surface area contributed by atoms with Gasteiger partial charge in [0.25, 0.3) is 0 Å². The molecule has 5 heteroatoms. The minimum absolute atomic E-state index is 0.625. The van der Waals surface area contributed by atoms with Crippen LogP contribution in [0.4, 0.5) is 5.82 Å². The van der Waals surface area contributed by atoms with E-state index in [1.807, 2.05) is 12.1 Å². The Morgan fingerprint density at radius 3 is 2.64 bits per heavy atom. The van der Waals surface area contributed by atoms with Gasteiger partial charge in [0.1, 0.15) is 5.82 Å². The molecule has 0 fully saturated rings. The number of hydrogen-bond donors (Lipinski definition) is 1. The standard InChI is InChI=1S/C9H9BrN4/c1-14-9(11)7(5-13-14)8-3-2-6(10)4-12-8/h2-5H,11H2,1H3. The van der Waals surface area contributed by atoms with E-state index in [1.165, 1.54) is 0 Å². The van der Waals surface area contributed by atoms with Crippen LogP contribution in [0.5, 0.6) is 0 Å². The van der Waals surface area contributed by atoms with Gasteiger partial charge in [-0.25, -0.2) is 0 Å². The molecule has 2 rings (SSSR count). The van der Waals surface area contributed by atoms with E-state index in [4.69, 9.17) is 5.73 Å². The van der Waals surface area contributed by atoms with Gasteiger partial charge in [0.05, 0.1) is 17.5 Å².